The SMILES string of the molecule is Cc1nnc2sc(CCNC(=O)CCCOc3ccccc3)nn12. The molecule has 7 nitrogen and oxygen atoms in total. The molecule has 2 aromatic heterocycles. The van der Waals surface area contributed by atoms with Crippen LogP contribution in [0.15, 0.2) is 30.3 Å². The van der Waals surface area contributed by atoms with Crippen LogP contribution >= 0.6 is 11.3 Å². The second-order valence-corrected chi connectivity index (χ2v) is 6.34. The van der Waals surface area contributed by atoms with E-state index in [-0.39, 0.29) is 5.91 Å². The van der Waals surface area contributed by atoms with Gasteiger partial charge in [0, 0.05) is 19.4 Å². The van der Waals surface area contributed by atoms with Crippen molar-refractivity contribution in [3.05, 3.63) is 41.2 Å². The Morgan fingerprint density at radius 3 is 2.92 bits per heavy atom. The molecule has 0 aliphatic rings. The summed E-state index contributed by atoms with van der Waals surface area (Å²) in [6.45, 7) is 2.97. The first-order valence-electron chi connectivity index (χ1n) is 7.84. The highest BCUT2D eigenvalue weighted by Crippen LogP contribution is 2.13. The molecule has 1 N–H and O–H groups in total. The Labute approximate surface area is 143 Å². The van der Waals surface area contributed by atoms with Crippen molar-refractivity contribution in [3.63, 3.8) is 0 Å². The van der Waals surface area contributed by atoms with Crippen molar-refractivity contribution in [1.82, 2.24) is 25.1 Å². The maximum atomic E-state index is 11.8. The average molecular weight is 345 g/mol. The number of carbonyl (C=O) groups is 1. The number of benzene rings is 1. The highest BCUT2D eigenvalue weighted by molar-refractivity contribution is 7.16. The smallest absolute Gasteiger partial charge is 0.234 e. The number of aryl methyl sites for hydroxylation is 1. The topological polar surface area (TPSA) is 81.4 Å². The lowest BCUT2D eigenvalue weighted by Crippen LogP contribution is -2.25. The van der Waals surface area contributed by atoms with Crippen LogP contribution < -0.4 is 10.1 Å². The molecule has 0 radical (unpaired) electrons. The highest BCUT2D eigenvalue weighted by atomic mass is 32.1. The van der Waals surface area contributed by atoms with E-state index in [4.69, 9.17) is 4.74 Å². The number of nitrogens with one attached hydrogen (secondary N) is 1. The fourth-order valence-electron chi connectivity index (χ4n) is 2.19. The molecule has 0 bridgehead atoms. The Morgan fingerprint density at radius 2 is 2.12 bits per heavy atom. The Hall–Kier alpha value is -2.48. The Bertz CT molecular complexity index is 799. The first-order chi connectivity index (χ1) is 11.7. The van der Waals surface area contributed by atoms with Crippen molar-refractivity contribution >= 4 is 22.2 Å². The third kappa shape index (κ3) is 4.29. The molecule has 0 saturated carbocycles. The molecule has 0 aliphatic heterocycles. The van der Waals surface area contributed by atoms with Gasteiger partial charge in [0.25, 0.3) is 0 Å². The fourth-order valence-corrected chi connectivity index (χ4v) is 3.07. The van der Waals surface area contributed by atoms with E-state index >= 15 is 0 Å². The van der Waals surface area contributed by atoms with E-state index < -0.39 is 0 Å². The number of hydrogen-bond acceptors (Lipinski definition) is 6. The summed E-state index contributed by atoms with van der Waals surface area (Å²) in [7, 11) is 0. The molecule has 3 aromatic rings. The Kier molecular flexibility index (Phi) is 5.37. The number of fused-ring (bicyclic) bond motifs is 1. The molecular formula is C16H19N5O2S. The van der Waals surface area contributed by atoms with E-state index in [2.05, 4.69) is 20.6 Å². The zero-order valence-electron chi connectivity index (χ0n) is 13.4. The van der Waals surface area contributed by atoms with Gasteiger partial charge in [0.05, 0.1) is 6.61 Å². The zero-order chi connectivity index (χ0) is 16.8. The number of aromatic nitrogens is 4. The van der Waals surface area contributed by atoms with Crippen molar-refractivity contribution in [2.45, 2.75) is 26.2 Å². The summed E-state index contributed by atoms with van der Waals surface area (Å²) in [5, 5.41) is 16.2. The molecule has 0 aliphatic carbocycles. The molecule has 3 rings (SSSR count). The van der Waals surface area contributed by atoms with Gasteiger partial charge in [-0.05, 0) is 25.5 Å². The van der Waals surface area contributed by atoms with E-state index in [1.54, 1.807) is 4.52 Å². The lowest BCUT2D eigenvalue weighted by atomic mass is 10.3. The van der Waals surface area contributed by atoms with Crippen molar-refractivity contribution < 1.29 is 9.53 Å². The minimum Gasteiger partial charge on any atom is -0.494 e. The van der Waals surface area contributed by atoms with Crippen LogP contribution in [0.1, 0.15) is 23.7 Å². The Balaban J connectivity index is 1.32. The second kappa shape index (κ2) is 7.87. The van der Waals surface area contributed by atoms with E-state index in [0.29, 0.717) is 32.4 Å². The summed E-state index contributed by atoms with van der Waals surface area (Å²) in [5.74, 6) is 1.64. The average Bonchev–Trinajstić information content (AvgIpc) is 3.15. The predicted octanol–water partition coefficient (Wildman–Crippen LogP) is 2.01. The standard InChI is InChI=1S/C16H19N5O2S/c1-12-18-19-16-21(12)20-15(24-16)9-10-17-14(22)8-5-11-23-13-6-3-2-4-7-13/h2-4,6-7H,5,8-11H2,1H3,(H,17,22). The fraction of sp³-hybridized carbons (Fsp3) is 0.375. The molecule has 0 saturated heterocycles. The molecular weight excluding hydrogens is 326 g/mol. The lowest BCUT2D eigenvalue weighted by Gasteiger charge is -2.06. The molecule has 1 amide bonds. The quantitative estimate of drug-likeness (QED) is 0.632. The first kappa shape index (κ1) is 16.4. The number of nitrogens with zero attached hydrogens (tertiary/aromatic N) is 4. The van der Waals surface area contributed by atoms with Gasteiger partial charge in [-0.1, -0.05) is 29.5 Å². The first-order valence-corrected chi connectivity index (χ1v) is 8.66. The van der Waals surface area contributed by atoms with Gasteiger partial charge < -0.3 is 10.1 Å². The summed E-state index contributed by atoms with van der Waals surface area (Å²) >= 11 is 1.50. The molecule has 24 heavy (non-hydrogen) atoms. The Morgan fingerprint density at radius 1 is 1.29 bits per heavy atom. The van der Waals surface area contributed by atoms with E-state index in [1.807, 2.05) is 37.3 Å². The van der Waals surface area contributed by atoms with Crippen LogP contribution in [0.25, 0.3) is 4.96 Å². The molecule has 8 heteroatoms. The van der Waals surface area contributed by atoms with Gasteiger partial charge in [-0.25, -0.2) is 0 Å². The maximum absolute atomic E-state index is 11.8. The van der Waals surface area contributed by atoms with E-state index in [9.17, 15) is 4.79 Å². The molecule has 0 fully saturated rings. The molecule has 126 valence electrons. The van der Waals surface area contributed by atoms with Gasteiger partial charge in [0.2, 0.25) is 10.9 Å². The summed E-state index contributed by atoms with van der Waals surface area (Å²) in [4.78, 5) is 12.6. The largest absolute Gasteiger partial charge is 0.494 e. The van der Waals surface area contributed by atoms with Crippen LogP contribution in [0.4, 0.5) is 0 Å². The van der Waals surface area contributed by atoms with Crippen LogP contribution in [0, 0.1) is 6.92 Å². The van der Waals surface area contributed by atoms with Gasteiger partial charge in [-0.15, -0.1) is 10.2 Å². The molecule has 0 atom stereocenters. The number of carbonyl (C=O) groups excluding carboxylic acids is 1. The van der Waals surface area contributed by atoms with E-state index in [0.717, 1.165) is 21.5 Å². The number of amides is 1. The minimum atomic E-state index is 0.0332. The molecule has 1 aromatic carbocycles. The number of para-hydroxylation sites is 1. The normalized spacial score (nSPS) is 10.9. The summed E-state index contributed by atoms with van der Waals surface area (Å²) < 4.78 is 7.29. The third-order valence-electron chi connectivity index (χ3n) is 3.41. The summed E-state index contributed by atoms with van der Waals surface area (Å²) in [6.07, 6.45) is 1.84. The van der Waals surface area contributed by atoms with E-state index in [1.165, 1.54) is 11.3 Å². The van der Waals surface area contributed by atoms with Crippen molar-refractivity contribution in [3.8, 4) is 5.75 Å². The van der Waals surface area contributed by atoms with Crippen LogP contribution in [-0.4, -0.2) is 38.9 Å². The second-order valence-electron chi connectivity index (χ2n) is 5.30. The van der Waals surface area contributed by atoms with Gasteiger partial charge >= 0.3 is 0 Å². The van der Waals surface area contributed by atoms with Gasteiger partial charge in [-0.3, -0.25) is 4.79 Å². The van der Waals surface area contributed by atoms with Gasteiger partial charge in [-0.2, -0.15) is 9.61 Å². The van der Waals surface area contributed by atoms with Crippen LogP contribution in [0.3, 0.4) is 0 Å². The maximum Gasteiger partial charge on any atom is 0.234 e. The number of rotatable bonds is 8. The molecule has 0 unspecified atom stereocenters. The van der Waals surface area contributed by atoms with Crippen molar-refractivity contribution in [2.75, 3.05) is 13.2 Å². The molecule has 0 spiro atoms. The van der Waals surface area contributed by atoms with Crippen LogP contribution in [-0.2, 0) is 11.2 Å². The van der Waals surface area contributed by atoms with Crippen molar-refractivity contribution in [1.29, 1.82) is 0 Å². The zero-order valence-corrected chi connectivity index (χ0v) is 14.3. The molecule has 2 heterocycles. The predicted molar refractivity (Wildman–Crippen MR) is 91.3 cm³/mol. The number of hydrogen-bond donors (Lipinski definition) is 1. The lowest BCUT2D eigenvalue weighted by molar-refractivity contribution is -0.121. The van der Waals surface area contributed by atoms with Gasteiger partial charge in [0.15, 0.2) is 5.82 Å². The monoisotopic (exact) mass is 345 g/mol. The van der Waals surface area contributed by atoms with Crippen LogP contribution in [0.2, 0.25) is 0 Å². The highest BCUT2D eigenvalue weighted by Gasteiger charge is 2.09. The third-order valence-corrected chi connectivity index (χ3v) is 4.37. The summed E-state index contributed by atoms with van der Waals surface area (Å²) in [5.41, 5.74) is 0. The number of ether oxygens (including phenoxy) is 1. The van der Waals surface area contributed by atoms with Crippen molar-refractivity contribution in [2.24, 2.45) is 0 Å². The minimum absolute atomic E-state index is 0.0332. The summed E-state index contributed by atoms with van der Waals surface area (Å²) in [6, 6.07) is 9.60. The van der Waals surface area contributed by atoms with Gasteiger partial charge in [0.1, 0.15) is 10.8 Å². The van der Waals surface area contributed by atoms with Crippen LogP contribution in [0.5, 0.6) is 5.75 Å².